The number of ether oxygens (including phenoxy) is 1. The van der Waals surface area contributed by atoms with Gasteiger partial charge in [0.1, 0.15) is 0 Å². The third-order valence-corrected chi connectivity index (χ3v) is 2.00. The monoisotopic (exact) mass is 212 g/mol. The first kappa shape index (κ1) is 11.4. The highest BCUT2D eigenvalue weighted by Crippen LogP contribution is 2.03. The van der Waals surface area contributed by atoms with Crippen molar-refractivity contribution in [3.05, 3.63) is 27.9 Å². The number of hydrogen-bond acceptors (Lipinski definition) is 5. The van der Waals surface area contributed by atoms with Gasteiger partial charge in [0.25, 0.3) is 5.56 Å². The lowest BCUT2D eigenvalue weighted by Crippen LogP contribution is -2.18. The number of aliphatic hydroxyl groups excluding tert-OH is 1. The Bertz CT molecular complexity index is 399. The number of carbonyl (C=O) groups is 1. The number of carbonyl (C=O) groups excluding carboxylic acids is 1. The third kappa shape index (κ3) is 2.88. The summed E-state index contributed by atoms with van der Waals surface area (Å²) < 4.78 is 4.45. The Morgan fingerprint density at radius 2 is 2.40 bits per heavy atom. The van der Waals surface area contributed by atoms with E-state index in [-0.39, 0.29) is 25.0 Å². The van der Waals surface area contributed by atoms with E-state index < -0.39 is 5.97 Å². The van der Waals surface area contributed by atoms with Gasteiger partial charge in [-0.25, -0.2) is 4.98 Å². The van der Waals surface area contributed by atoms with Crippen LogP contribution in [0.15, 0.2) is 11.1 Å². The lowest BCUT2D eigenvalue weighted by molar-refractivity contribution is -0.140. The number of nitrogens with zero attached hydrogens (tertiary/aromatic N) is 1. The summed E-state index contributed by atoms with van der Waals surface area (Å²) in [5, 5.41) is 8.93. The highest BCUT2D eigenvalue weighted by atomic mass is 16.5. The van der Waals surface area contributed by atoms with Crippen molar-refractivity contribution in [2.75, 3.05) is 7.11 Å². The Hall–Kier alpha value is -1.69. The molecule has 2 N–H and O–H groups in total. The van der Waals surface area contributed by atoms with E-state index in [1.807, 2.05) is 0 Å². The summed E-state index contributed by atoms with van der Waals surface area (Å²) in [6.45, 7) is -0.319. The number of aromatic amines is 1. The van der Waals surface area contributed by atoms with Gasteiger partial charge in [0.15, 0.2) is 0 Å². The molecule has 82 valence electrons. The van der Waals surface area contributed by atoms with Gasteiger partial charge in [-0.05, 0) is 6.42 Å². The Labute approximate surface area is 85.9 Å². The normalized spacial score (nSPS) is 10.0. The molecule has 1 rings (SSSR count). The predicted molar refractivity (Wildman–Crippen MR) is 51.1 cm³/mol. The minimum Gasteiger partial charge on any atom is -0.469 e. The third-order valence-electron chi connectivity index (χ3n) is 2.00. The average molecular weight is 212 g/mol. The number of nitrogens with one attached hydrogen (secondary N) is 1. The first-order chi connectivity index (χ1) is 7.19. The van der Waals surface area contributed by atoms with Gasteiger partial charge < -0.3 is 14.8 Å². The summed E-state index contributed by atoms with van der Waals surface area (Å²) in [4.78, 5) is 28.4. The van der Waals surface area contributed by atoms with Gasteiger partial charge in [-0.3, -0.25) is 9.59 Å². The number of aromatic nitrogens is 2. The fourth-order valence-electron chi connectivity index (χ4n) is 1.19. The zero-order valence-electron chi connectivity index (χ0n) is 8.32. The standard InChI is InChI=1S/C9H12N2O4/c1-15-8(13)3-2-6-7(4-12)10-5-11-9(6)14/h5,12H,2-4H2,1H3,(H,10,11,14). The molecule has 0 bridgehead atoms. The summed E-state index contributed by atoms with van der Waals surface area (Å²) in [6, 6.07) is 0. The van der Waals surface area contributed by atoms with Gasteiger partial charge in [-0.2, -0.15) is 0 Å². The molecule has 1 aromatic heterocycles. The van der Waals surface area contributed by atoms with E-state index in [9.17, 15) is 9.59 Å². The minimum atomic E-state index is -0.401. The van der Waals surface area contributed by atoms with Gasteiger partial charge in [0.2, 0.25) is 0 Å². The fraction of sp³-hybridized carbons (Fsp3) is 0.444. The Morgan fingerprint density at radius 3 is 3.00 bits per heavy atom. The fourth-order valence-corrected chi connectivity index (χ4v) is 1.19. The number of H-pyrrole nitrogens is 1. The van der Waals surface area contributed by atoms with Crippen molar-refractivity contribution in [2.45, 2.75) is 19.4 Å². The van der Waals surface area contributed by atoms with Crippen LogP contribution in [0, 0.1) is 0 Å². The molecule has 0 aromatic carbocycles. The van der Waals surface area contributed by atoms with Crippen LogP contribution in [0.2, 0.25) is 0 Å². The van der Waals surface area contributed by atoms with Crippen molar-refractivity contribution < 1.29 is 14.6 Å². The Kier molecular flexibility index (Phi) is 3.99. The number of methoxy groups -OCH3 is 1. The molecule has 6 nitrogen and oxygen atoms in total. The largest absolute Gasteiger partial charge is 0.469 e. The van der Waals surface area contributed by atoms with Crippen LogP contribution in [0.3, 0.4) is 0 Å². The van der Waals surface area contributed by atoms with Crippen molar-refractivity contribution in [1.82, 2.24) is 9.97 Å². The van der Waals surface area contributed by atoms with Crippen LogP contribution >= 0.6 is 0 Å². The molecule has 0 fully saturated rings. The Morgan fingerprint density at radius 1 is 1.67 bits per heavy atom. The first-order valence-corrected chi connectivity index (χ1v) is 4.42. The van der Waals surface area contributed by atoms with Crippen LogP contribution in [0.25, 0.3) is 0 Å². The van der Waals surface area contributed by atoms with E-state index in [1.54, 1.807) is 0 Å². The van der Waals surface area contributed by atoms with E-state index in [0.29, 0.717) is 11.3 Å². The van der Waals surface area contributed by atoms with Gasteiger partial charge >= 0.3 is 5.97 Å². The first-order valence-electron chi connectivity index (χ1n) is 4.42. The average Bonchev–Trinajstić information content (AvgIpc) is 2.26. The molecule has 0 saturated heterocycles. The molecule has 0 radical (unpaired) electrons. The van der Waals surface area contributed by atoms with Crippen molar-refractivity contribution in [2.24, 2.45) is 0 Å². The van der Waals surface area contributed by atoms with Crippen molar-refractivity contribution >= 4 is 5.97 Å². The maximum absolute atomic E-state index is 11.3. The lowest BCUT2D eigenvalue weighted by atomic mass is 10.1. The van der Waals surface area contributed by atoms with E-state index in [1.165, 1.54) is 13.4 Å². The number of esters is 1. The molecule has 0 atom stereocenters. The molecule has 0 aliphatic carbocycles. The molecule has 0 aliphatic heterocycles. The molecule has 15 heavy (non-hydrogen) atoms. The molecular formula is C9H12N2O4. The topological polar surface area (TPSA) is 92.3 Å². The molecule has 6 heteroatoms. The number of hydrogen-bond donors (Lipinski definition) is 2. The van der Waals surface area contributed by atoms with Gasteiger partial charge in [-0.1, -0.05) is 0 Å². The van der Waals surface area contributed by atoms with Crippen LogP contribution in [0.5, 0.6) is 0 Å². The zero-order valence-corrected chi connectivity index (χ0v) is 8.32. The summed E-state index contributed by atoms with van der Waals surface area (Å²) in [6.07, 6.45) is 1.53. The maximum Gasteiger partial charge on any atom is 0.305 e. The molecule has 0 unspecified atom stereocenters. The minimum absolute atomic E-state index is 0.0955. The predicted octanol–water partition coefficient (Wildman–Crippen LogP) is -0.632. The number of rotatable bonds is 4. The second-order valence-electron chi connectivity index (χ2n) is 2.89. The van der Waals surface area contributed by atoms with Crippen LogP contribution < -0.4 is 5.56 Å². The van der Waals surface area contributed by atoms with E-state index in [2.05, 4.69) is 14.7 Å². The van der Waals surface area contributed by atoms with Gasteiger partial charge in [0, 0.05) is 12.0 Å². The quantitative estimate of drug-likeness (QED) is 0.648. The number of aliphatic hydroxyl groups is 1. The molecule has 0 aliphatic rings. The van der Waals surface area contributed by atoms with Crippen LogP contribution in [0.4, 0.5) is 0 Å². The molecule has 1 heterocycles. The maximum atomic E-state index is 11.3. The van der Waals surface area contributed by atoms with Crippen LogP contribution in [-0.4, -0.2) is 28.2 Å². The SMILES string of the molecule is COC(=O)CCc1c(CO)nc[nH]c1=O. The van der Waals surface area contributed by atoms with E-state index >= 15 is 0 Å². The molecule has 1 aromatic rings. The summed E-state index contributed by atoms with van der Waals surface area (Å²) in [7, 11) is 1.28. The molecule has 0 saturated carbocycles. The summed E-state index contributed by atoms with van der Waals surface area (Å²) in [5.41, 5.74) is 0.283. The van der Waals surface area contributed by atoms with Gasteiger partial charge in [0.05, 0.1) is 25.7 Å². The van der Waals surface area contributed by atoms with Crippen LogP contribution in [0.1, 0.15) is 17.7 Å². The summed E-state index contributed by atoms with van der Waals surface area (Å²) in [5.74, 6) is -0.401. The lowest BCUT2D eigenvalue weighted by Gasteiger charge is -2.03. The van der Waals surface area contributed by atoms with Crippen molar-refractivity contribution in [3.8, 4) is 0 Å². The second kappa shape index (κ2) is 5.26. The van der Waals surface area contributed by atoms with E-state index in [4.69, 9.17) is 5.11 Å². The zero-order chi connectivity index (χ0) is 11.3. The second-order valence-corrected chi connectivity index (χ2v) is 2.89. The summed E-state index contributed by atoms with van der Waals surface area (Å²) >= 11 is 0. The molecule has 0 amide bonds. The van der Waals surface area contributed by atoms with E-state index in [0.717, 1.165) is 0 Å². The van der Waals surface area contributed by atoms with Crippen molar-refractivity contribution in [3.63, 3.8) is 0 Å². The van der Waals surface area contributed by atoms with Crippen LogP contribution in [-0.2, 0) is 22.6 Å². The highest BCUT2D eigenvalue weighted by Gasteiger charge is 2.10. The smallest absolute Gasteiger partial charge is 0.305 e. The Balaban J connectivity index is 2.83. The van der Waals surface area contributed by atoms with Crippen molar-refractivity contribution in [1.29, 1.82) is 0 Å². The molecular weight excluding hydrogens is 200 g/mol. The van der Waals surface area contributed by atoms with Gasteiger partial charge in [-0.15, -0.1) is 0 Å². The highest BCUT2D eigenvalue weighted by molar-refractivity contribution is 5.69. The molecule has 0 spiro atoms.